The van der Waals surface area contributed by atoms with Gasteiger partial charge in [0, 0.05) is 19.8 Å². The quantitative estimate of drug-likeness (QED) is 0.707. The smallest absolute Gasteiger partial charge is 0.240 e. The van der Waals surface area contributed by atoms with Gasteiger partial charge in [-0.15, -0.1) is 12.4 Å². The first-order valence-corrected chi connectivity index (χ1v) is 7.19. The minimum absolute atomic E-state index is 0. The third kappa shape index (κ3) is 7.14. The Hall–Kier alpha value is -0.320. The van der Waals surface area contributed by atoms with E-state index in [2.05, 4.69) is 19.2 Å². The zero-order valence-corrected chi connectivity index (χ0v) is 13.1. The van der Waals surface area contributed by atoms with Gasteiger partial charge in [0.25, 0.3) is 0 Å². The Bertz CT molecular complexity index is 254. The van der Waals surface area contributed by atoms with Crippen molar-refractivity contribution >= 4 is 18.3 Å². The van der Waals surface area contributed by atoms with Gasteiger partial charge in [0.05, 0.1) is 5.54 Å². The number of hydrogen-bond acceptors (Lipinski definition) is 3. The third-order valence-electron chi connectivity index (χ3n) is 3.40. The van der Waals surface area contributed by atoms with Crippen LogP contribution in [0.3, 0.4) is 0 Å². The Kier molecular flexibility index (Phi) is 9.40. The summed E-state index contributed by atoms with van der Waals surface area (Å²) in [6, 6.07) is 0. The van der Waals surface area contributed by atoms with E-state index < -0.39 is 5.54 Å². The second-order valence-electron chi connectivity index (χ2n) is 5.80. The predicted molar refractivity (Wildman–Crippen MR) is 80.5 cm³/mol. The summed E-state index contributed by atoms with van der Waals surface area (Å²) in [5.74, 6) is 0.584. The summed E-state index contributed by atoms with van der Waals surface area (Å²) in [6.07, 6.45) is 5.85. The van der Waals surface area contributed by atoms with Gasteiger partial charge >= 0.3 is 0 Å². The lowest BCUT2D eigenvalue weighted by molar-refractivity contribution is -0.127. The molecule has 0 aliphatic heterocycles. The highest BCUT2D eigenvalue weighted by atomic mass is 35.5. The number of hydrogen-bond donors (Lipinski definition) is 2. The van der Waals surface area contributed by atoms with Crippen LogP contribution < -0.4 is 11.1 Å². The normalized spacial score (nSPS) is 17.9. The number of carbonyl (C=O) groups excluding carboxylic acids is 1. The fourth-order valence-corrected chi connectivity index (χ4v) is 2.28. The number of carbonyl (C=O) groups is 1. The summed E-state index contributed by atoms with van der Waals surface area (Å²) in [6.45, 7) is 6.41. The lowest BCUT2D eigenvalue weighted by Crippen LogP contribution is -2.55. The molecule has 1 amide bonds. The molecule has 5 heteroatoms. The van der Waals surface area contributed by atoms with Crippen LogP contribution in [-0.2, 0) is 9.53 Å². The molecule has 0 spiro atoms. The summed E-state index contributed by atoms with van der Waals surface area (Å²) >= 11 is 0. The molecule has 4 nitrogen and oxygen atoms in total. The Labute approximate surface area is 123 Å². The van der Waals surface area contributed by atoms with Crippen molar-refractivity contribution in [2.75, 3.05) is 19.8 Å². The van der Waals surface area contributed by atoms with E-state index in [0.717, 1.165) is 38.7 Å². The minimum atomic E-state index is -0.614. The molecule has 0 unspecified atom stereocenters. The first-order chi connectivity index (χ1) is 8.54. The Morgan fingerprint density at radius 3 is 2.53 bits per heavy atom. The standard InChI is InChI=1S/C14H28N2O2.ClH/c1-12(2)11-18-10-6-9-16-13(17)14(15)7-4-3-5-8-14;/h12H,3-11,15H2,1-2H3,(H,16,17);1H. The number of nitrogens with two attached hydrogens (primary N) is 1. The van der Waals surface area contributed by atoms with E-state index in [1.165, 1.54) is 6.42 Å². The van der Waals surface area contributed by atoms with Crippen LogP contribution in [0.1, 0.15) is 52.4 Å². The SMILES string of the molecule is CC(C)COCCCNC(=O)C1(N)CCCCC1.Cl. The highest BCUT2D eigenvalue weighted by molar-refractivity contribution is 5.86. The second kappa shape index (κ2) is 9.56. The molecule has 0 radical (unpaired) electrons. The monoisotopic (exact) mass is 292 g/mol. The molecule has 1 saturated carbocycles. The van der Waals surface area contributed by atoms with Gasteiger partial charge in [-0.1, -0.05) is 33.1 Å². The largest absolute Gasteiger partial charge is 0.381 e. The van der Waals surface area contributed by atoms with Crippen molar-refractivity contribution in [3.8, 4) is 0 Å². The van der Waals surface area contributed by atoms with Crippen molar-refractivity contribution in [2.24, 2.45) is 11.7 Å². The average Bonchev–Trinajstić information content (AvgIpc) is 2.34. The summed E-state index contributed by atoms with van der Waals surface area (Å²) < 4.78 is 5.46. The summed E-state index contributed by atoms with van der Waals surface area (Å²) in [5.41, 5.74) is 5.53. The fraction of sp³-hybridized carbons (Fsp3) is 0.929. The Morgan fingerprint density at radius 1 is 1.32 bits per heavy atom. The lowest BCUT2D eigenvalue weighted by Gasteiger charge is -2.31. The highest BCUT2D eigenvalue weighted by Gasteiger charge is 2.34. The van der Waals surface area contributed by atoms with Crippen LogP contribution in [-0.4, -0.2) is 31.2 Å². The number of amides is 1. The molecule has 19 heavy (non-hydrogen) atoms. The molecule has 0 aromatic carbocycles. The molecule has 1 aliphatic rings. The molecule has 1 aliphatic carbocycles. The van der Waals surface area contributed by atoms with Crippen LogP contribution in [0.2, 0.25) is 0 Å². The Balaban J connectivity index is 0.00000324. The molecule has 0 aromatic heterocycles. The van der Waals surface area contributed by atoms with Gasteiger partial charge in [-0.05, 0) is 25.2 Å². The number of halogens is 1. The van der Waals surface area contributed by atoms with E-state index in [0.29, 0.717) is 19.1 Å². The van der Waals surface area contributed by atoms with E-state index >= 15 is 0 Å². The van der Waals surface area contributed by atoms with Gasteiger partial charge in [-0.3, -0.25) is 4.79 Å². The molecule has 1 rings (SSSR count). The molecular weight excluding hydrogens is 264 g/mol. The molecule has 1 fully saturated rings. The summed E-state index contributed by atoms with van der Waals surface area (Å²) in [4.78, 5) is 12.0. The number of rotatable bonds is 7. The van der Waals surface area contributed by atoms with Crippen LogP contribution in [0.25, 0.3) is 0 Å². The van der Waals surface area contributed by atoms with Crippen LogP contribution in [0.5, 0.6) is 0 Å². The molecule has 0 bridgehead atoms. The van der Waals surface area contributed by atoms with Crippen LogP contribution in [0.4, 0.5) is 0 Å². The Morgan fingerprint density at radius 2 is 1.95 bits per heavy atom. The van der Waals surface area contributed by atoms with Crippen LogP contribution in [0, 0.1) is 5.92 Å². The molecule has 0 heterocycles. The van der Waals surface area contributed by atoms with Crippen LogP contribution in [0.15, 0.2) is 0 Å². The van der Waals surface area contributed by atoms with Crippen molar-refractivity contribution in [1.82, 2.24) is 5.32 Å². The average molecular weight is 293 g/mol. The summed E-state index contributed by atoms with van der Waals surface area (Å²) in [7, 11) is 0. The fourth-order valence-electron chi connectivity index (χ4n) is 2.28. The highest BCUT2D eigenvalue weighted by Crippen LogP contribution is 2.25. The van der Waals surface area contributed by atoms with Crippen molar-refractivity contribution < 1.29 is 9.53 Å². The lowest BCUT2D eigenvalue weighted by atomic mass is 9.82. The van der Waals surface area contributed by atoms with Gasteiger partial charge in [0.15, 0.2) is 0 Å². The van der Waals surface area contributed by atoms with Gasteiger partial charge in [-0.25, -0.2) is 0 Å². The maximum absolute atomic E-state index is 12.0. The van der Waals surface area contributed by atoms with E-state index in [4.69, 9.17) is 10.5 Å². The first kappa shape index (κ1) is 18.7. The van der Waals surface area contributed by atoms with Crippen LogP contribution >= 0.6 is 12.4 Å². The van der Waals surface area contributed by atoms with Gasteiger partial charge in [0.2, 0.25) is 5.91 Å². The van der Waals surface area contributed by atoms with Crippen molar-refractivity contribution in [1.29, 1.82) is 0 Å². The third-order valence-corrected chi connectivity index (χ3v) is 3.40. The van der Waals surface area contributed by atoms with Crippen molar-refractivity contribution in [3.05, 3.63) is 0 Å². The topological polar surface area (TPSA) is 64.3 Å². The molecule has 0 atom stereocenters. The molecule has 3 N–H and O–H groups in total. The van der Waals surface area contributed by atoms with Crippen molar-refractivity contribution in [3.63, 3.8) is 0 Å². The van der Waals surface area contributed by atoms with Crippen molar-refractivity contribution in [2.45, 2.75) is 57.9 Å². The van der Waals surface area contributed by atoms with E-state index in [1.54, 1.807) is 0 Å². The van der Waals surface area contributed by atoms with E-state index in [9.17, 15) is 4.79 Å². The van der Waals surface area contributed by atoms with Gasteiger partial charge in [0.1, 0.15) is 0 Å². The molecule has 114 valence electrons. The molecule has 0 saturated heterocycles. The maximum atomic E-state index is 12.0. The zero-order chi connectivity index (χ0) is 13.4. The second-order valence-corrected chi connectivity index (χ2v) is 5.80. The number of nitrogens with one attached hydrogen (secondary N) is 1. The summed E-state index contributed by atoms with van der Waals surface area (Å²) in [5, 5.41) is 2.94. The predicted octanol–water partition coefficient (Wildman–Crippen LogP) is 2.25. The first-order valence-electron chi connectivity index (χ1n) is 7.19. The molecule has 0 aromatic rings. The zero-order valence-electron chi connectivity index (χ0n) is 12.2. The molecular formula is C14H29ClN2O2. The van der Waals surface area contributed by atoms with E-state index in [1.807, 2.05) is 0 Å². The van der Waals surface area contributed by atoms with Gasteiger partial charge in [-0.2, -0.15) is 0 Å². The van der Waals surface area contributed by atoms with Gasteiger partial charge < -0.3 is 15.8 Å². The van der Waals surface area contributed by atoms with E-state index in [-0.39, 0.29) is 18.3 Å². The minimum Gasteiger partial charge on any atom is -0.381 e. The maximum Gasteiger partial charge on any atom is 0.240 e. The number of ether oxygens (including phenoxy) is 1.